The van der Waals surface area contributed by atoms with Crippen molar-refractivity contribution in [3.8, 4) is 0 Å². The lowest BCUT2D eigenvalue weighted by Crippen LogP contribution is -2.44. The summed E-state index contributed by atoms with van der Waals surface area (Å²) in [4.78, 5) is 15.0. The van der Waals surface area contributed by atoms with E-state index >= 15 is 0 Å². The fourth-order valence-corrected chi connectivity index (χ4v) is 3.09. The van der Waals surface area contributed by atoms with Crippen molar-refractivity contribution in [3.63, 3.8) is 0 Å². The largest absolute Gasteiger partial charge is 0.373 e. The van der Waals surface area contributed by atoms with E-state index in [1.165, 1.54) is 38.5 Å². The van der Waals surface area contributed by atoms with Crippen molar-refractivity contribution in [1.29, 1.82) is 0 Å². The lowest BCUT2D eigenvalue weighted by Gasteiger charge is -2.35. The second kappa shape index (κ2) is 14.9. The minimum absolute atomic E-state index is 0.182. The molecule has 0 aromatic carbocycles. The van der Waals surface area contributed by atoms with Crippen LogP contribution >= 0.6 is 0 Å². The molecule has 0 rings (SSSR count). The number of isocyanates is 1. The summed E-state index contributed by atoms with van der Waals surface area (Å²) in [6.07, 6.45) is 13.0. The van der Waals surface area contributed by atoms with Crippen molar-refractivity contribution in [3.05, 3.63) is 0 Å². The Kier molecular flexibility index (Phi) is 14.4. The summed E-state index contributed by atoms with van der Waals surface area (Å²) in [7, 11) is 0. The van der Waals surface area contributed by atoms with Crippen LogP contribution in [-0.2, 0) is 14.3 Å². The summed E-state index contributed by atoms with van der Waals surface area (Å²) in [6, 6.07) is 0. The van der Waals surface area contributed by atoms with Crippen molar-refractivity contribution in [1.82, 2.24) is 0 Å². The Morgan fingerprint density at radius 3 is 2.00 bits per heavy atom. The second-order valence-electron chi connectivity index (χ2n) is 6.06. The molecule has 4 heteroatoms. The van der Waals surface area contributed by atoms with Crippen LogP contribution in [0, 0.1) is 0 Å². The number of ether oxygens (including phenoxy) is 2. The van der Waals surface area contributed by atoms with Gasteiger partial charge in [0.1, 0.15) is 6.10 Å². The number of aliphatic imine (C=N–C) groups is 1. The normalized spacial score (nSPS) is 15.0. The summed E-state index contributed by atoms with van der Waals surface area (Å²) in [6.45, 7) is 9.29. The minimum Gasteiger partial charge on any atom is -0.373 e. The van der Waals surface area contributed by atoms with Crippen LogP contribution in [0.15, 0.2) is 4.99 Å². The summed E-state index contributed by atoms with van der Waals surface area (Å²) < 4.78 is 11.7. The maximum Gasteiger partial charge on any atom is 0.238 e. The maximum atomic E-state index is 10.9. The van der Waals surface area contributed by atoms with Gasteiger partial charge in [0.25, 0.3) is 0 Å². The van der Waals surface area contributed by atoms with Gasteiger partial charge in [0.2, 0.25) is 6.08 Å². The van der Waals surface area contributed by atoms with Crippen molar-refractivity contribution < 1.29 is 14.3 Å². The molecule has 0 heterocycles. The minimum atomic E-state index is -0.858. The van der Waals surface area contributed by atoms with Crippen LogP contribution in [0.3, 0.4) is 0 Å². The fourth-order valence-electron chi connectivity index (χ4n) is 3.09. The van der Waals surface area contributed by atoms with Gasteiger partial charge in [-0.15, -0.1) is 0 Å². The fraction of sp³-hybridized carbons (Fsp3) is 0.947. The van der Waals surface area contributed by atoms with Crippen molar-refractivity contribution in [2.24, 2.45) is 4.99 Å². The first kappa shape index (κ1) is 22.3. The van der Waals surface area contributed by atoms with Gasteiger partial charge in [-0.3, -0.25) is 0 Å². The Hall–Kier alpha value is -0.700. The predicted octanol–water partition coefficient (Wildman–Crippen LogP) is 5.40. The zero-order chi connectivity index (χ0) is 17.4. The Labute approximate surface area is 143 Å². The van der Waals surface area contributed by atoms with Gasteiger partial charge in [-0.05, 0) is 26.7 Å². The van der Waals surface area contributed by atoms with Crippen molar-refractivity contribution in [2.45, 2.75) is 104 Å². The van der Waals surface area contributed by atoms with E-state index in [0.29, 0.717) is 13.2 Å². The van der Waals surface area contributed by atoms with Crippen LogP contribution in [0.1, 0.15) is 91.9 Å². The lowest BCUT2D eigenvalue weighted by molar-refractivity contribution is -0.143. The Morgan fingerprint density at radius 2 is 1.52 bits per heavy atom. The Bertz CT molecular complexity index is 316. The van der Waals surface area contributed by atoms with Crippen LogP contribution in [0.5, 0.6) is 0 Å². The summed E-state index contributed by atoms with van der Waals surface area (Å²) in [5, 5.41) is 0. The number of rotatable bonds is 16. The first-order chi connectivity index (χ1) is 11.2. The quantitative estimate of drug-likeness (QED) is 0.217. The second-order valence-corrected chi connectivity index (χ2v) is 6.06. The Balaban J connectivity index is 4.43. The van der Waals surface area contributed by atoms with E-state index in [-0.39, 0.29) is 6.10 Å². The highest BCUT2D eigenvalue weighted by Gasteiger charge is 2.39. The van der Waals surface area contributed by atoms with Gasteiger partial charge in [-0.25, -0.2) is 4.79 Å². The molecule has 0 bridgehead atoms. The zero-order valence-corrected chi connectivity index (χ0v) is 15.7. The molecule has 0 aliphatic carbocycles. The molecule has 0 aliphatic heterocycles. The molecule has 0 amide bonds. The highest BCUT2D eigenvalue weighted by Crippen LogP contribution is 2.30. The van der Waals surface area contributed by atoms with Gasteiger partial charge < -0.3 is 9.47 Å². The lowest BCUT2D eigenvalue weighted by atomic mass is 9.96. The number of carbonyl (C=O) groups excluding carboxylic acids is 1. The predicted molar refractivity (Wildman–Crippen MR) is 95.4 cm³/mol. The molecular weight excluding hydrogens is 290 g/mol. The van der Waals surface area contributed by atoms with Gasteiger partial charge in [0, 0.05) is 19.6 Å². The third-order valence-electron chi connectivity index (χ3n) is 4.26. The average molecular weight is 328 g/mol. The first-order valence-electron chi connectivity index (χ1n) is 9.55. The molecule has 136 valence electrons. The zero-order valence-electron chi connectivity index (χ0n) is 15.7. The van der Waals surface area contributed by atoms with Gasteiger partial charge in [-0.1, -0.05) is 58.8 Å². The van der Waals surface area contributed by atoms with Crippen molar-refractivity contribution in [2.75, 3.05) is 13.2 Å². The van der Waals surface area contributed by atoms with Gasteiger partial charge in [0.05, 0.1) is 0 Å². The van der Waals surface area contributed by atoms with Gasteiger partial charge >= 0.3 is 0 Å². The van der Waals surface area contributed by atoms with E-state index in [4.69, 9.17) is 9.47 Å². The molecule has 2 unspecified atom stereocenters. The smallest absolute Gasteiger partial charge is 0.238 e. The number of hydrogen-bond acceptors (Lipinski definition) is 4. The molecule has 0 saturated carbocycles. The first-order valence-corrected chi connectivity index (χ1v) is 9.55. The monoisotopic (exact) mass is 327 g/mol. The van der Waals surface area contributed by atoms with Crippen molar-refractivity contribution >= 4 is 6.08 Å². The molecule has 0 aliphatic rings. The Morgan fingerprint density at radius 1 is 0.913 bits per heavy atom. The standard InChI is InChI=1S/C19H37NO3/c1-5-9-10-11-12-13-14-15-16-19(20-17-21,23-8-4)18(6-2)22-7-3/h18H,5-16H2,1-4H3. The summed E-state index contributed by atoms with van der Waals surface area (Å²) in [5.74, 6) is 0. The van der Waals surface area contributed by atoms with E-state index < -0.39 is 5.72 Å². The molecule has 0 radical (unpaired) electrons. The topological polar surface area (TPSA) is 47.9 Å². The number of nitrogens with zero attached hydrogens (tertiary/aromatic N) is 1. The summed E-state index contributed by atoms with van der Waals surface area (Å²) in [5.41, 5.74) is -0.858. The third kappa shape index (κ3) is 9.24. The van der Waals surface area contributed by atoms with E-state index in [2.05, 4.69) is 11.9 Å². The van der Waals surface area contributed by atoms with Crippen LogP contribution in [0.4, 0.5) is 0 Å². The molecule has 0 saturated heterocycles. The van der Waals surface area contributed by atoms with Crippen LogP contribution < -0.4 is 0 Å². The highest BCUT2D eigenvalue weighted by atomic mass is 16.6. The van der Waals surface area contributed by atoms with E-state index in [1.54, 1.807) is 6.08 Å². The molecule has 0 spiro atoms. The third-order valence-corrected chi connectivity index (χ3v) is 4.26. The molecule has 0 aromatic heterocycles. The molecular formula is C19H37NO3. The van der Waals surface area contributed by atoms with Gasteiger partial charge in [0.15, 0.2) is 5.72 Å². The maximum absolute atomic E-state index is 10.9. The molecule has 4 nitrogen and oxygen atoms in total. The summed E-state index contributed by atoms with van der Waals surface area (Å²) >= 11 is 0. The average Bonchev–Trinajstić information content (AvgIpc) is 2.55. The van der Waals surface area contributed by atoms with Crippen LogP contribution in [0.2, 0.25) is 0 Å². The van der Waals surface area contributed by atoms with Crippen LogP contribution in [-0.4, -0.2) is 31.1 Å². The molecule has 23 heavy (non-hydrogen) atoms. The molecule has 0 N–H and O–H groups in total. The number of hydrogen-bond donors (Lipinski definition) is 0. The number of unbranched alkanes of at least 4 members (excludes halogenated alkanes) is 7. The molecule has 2 atom stereocenters. The molecule has 0 fully saturated rings. The van der Waals surface area contributed by atoms with E-state index in [9.17, 15) is 4.79 Å². The highest BCUT2D eigenvalue weighted by molar-refractivity contribution is 5.34. The SMILES string of the molecule is CCCCCCCCCCC(N=C=O)(OCC)C(CC)OCC. The van der Waals surface area contributed by atoms with E-state index in [0.717, 1.165) is 25.7 Å². The van der Waals surface area contributed by atoms with Crippen LogP contribution in [0.25, 0.3) is 0 Å². The van der Waals surface area contributed by atoms with Gasteiger partial charge in [-0.2, -0.15) is 4.99 Å². The van der Waals surface area contributed by atoms with E-state index in [1.807, 2.05) is 20.8 Å². The molecule has 0 aromatic rings.